The summed E-state index contributed by atoms with van der Waals surface area (Å²) in [6.07, 6.45) is -0.685. The van der Waals surface area contributed by atoms with E-state index in [1.54, 1.807) is 4.90 Å². The van der Waals surface area contributed by atoms with Gasteiger partial charge in [-0.15, -0.1) is 0 Å². The Morgan fingerprint density at radius 1 is 1.24 bits per heavy atom. The van der Waals surface area contributed by atoms with Gasteiger partial charge in [-0.25, -0.2) is 0 Å². The minimum Gasteiger partial charge on any atom is -0.481 e. The molecule has 1 heterocycles. The van der Waals surface area contributed by atoms with Gasteiger partial charge < -0.3 is 20.4 Å². The Morgan fingerprint density at radius 3 is 2.29 bits per heavy atom. The summed E-state index contributed by atoms with van der Waals surface area (Å²) in [5.74, 6) is -4.08. The number of carboxylic acids is 2. The molecule has 98 valence electrons. The summed E-state index contributed by atoms with van der Waals surface area (Å²) < 4.78 is 0. The van der Waals surface area contributed by atoms with E-state index in [-0.39, 0.29) is 19.5 Å². The SMILES string of the molecule is O=C(O)C1CCN(CC(O)CO)CC1C(=O)O. The van der Waals surface area contributed by atoms with Gasteiger partial charge in [0.15, 0.2) is 0 Å². The number of aliphatic carboxylic acids is 2. The lowest BCUT2D eigenvalue weighted by atomic mass is 9.85. The molecule has 4 N–H and O–H groups in total. The Kier molecular flexibility index (Phi) is 4.86. The Labute approximate surface area is 98.3 Å². The molecule has 0 aromatic rings. The normalized spacial score (nSPS) is 27.6. The summed E-state index contributed by atoms with van der Waals surface area (Å²) in [4.78, 5) is 23.5. The number of nitrogens with zero attached hydrogens (tertiary/aromatic N) is 1. The summed E-state index contributed by atoms with van der Waals surface area (Å²) in [7, 11) is 0. The highest BCUT2D eigenvalue weighted by atomic mass is 16.4. The van der Waals surface area contributed by atoms with E-state index < -0.39 is 36.5 Å². The fourth-order valence-electron chi connectivity index (χ4n) is 2.09. The molecule has 0 saturated carbocycles. The Hall–Kier alpha value is -1.18. The van der Waals surface area contributed by atoms with Crippen LogP contribution in [0, 0.1) is 11.8 Å². The molecule has 0 amide bonds. The van der Waals surface area contributed by atoms with E-state index in [0.29, 0.717) is 6.54 Å². The second-order valence-electron chi connectivity index (χ2n) is 4.27. The fourth-order valence-corrected chi connectivity index (χ4v) is 2.09. The standard InChI is InChI=1S/C10H17NO6/c12-5-6(13)3-11-2-1-7(9(14)15)8(4-11)10(16)17/h6-8,12-13H,1-5H2,(H,14,15)(H,16,17). The molecule has 1 saturated heterocycles. The Bertz CT molecular complexity index is 295. The zero-order valence-electron chi connectivity index (χ0n) is 9.32. The summed E-state index contributed by atoms with van der Waals surface area (Å²) >= 11 is 0. The number of likely N-dealkylation sites (tertiary alicyclic amines) is 1. The van der Waals surface area contributed by atoms with E-state index >= 15 is 0 Å². The molecule has 17 heavy (non-hydrogen) atoms. The topological polar surface area (TPSA) is 118 Å². The third-order valence-electron chi connectivity index (χ3n) is 3.01. The lowest BCUT2D eigenvalue weighted by Gasteiger charge is -2.35. The molecule has 1 aliphatic heterocycles. The van der Waals surface area contributed by atoms with Crippen molar-refractivity contribution in [3.05, 3.63) is 0 Å². The molecule has 0 aromatic carbocycles. The Balaban J connectivity index is 2.62. The first kappa shape index (κ1) is 13.9. The molecule has 0 aliphatic carbocycles. The highest BCUT2D eigenvalue weighted by Crippen LogP contribution is 2.24. The summed E-state index contributed by atoms with van der Waals surface area (Å²) in [5, 5.41) is 35.8. The van der Waals surface area contributed by atoms with Crippen LogP contribution in [-0.4, -0.2) is 69.6 Å². The third kappa shape index (κ3) is 3.65. The number of rotatable bonds is 5. The van der Waals surface area contributed by atoms with Crippen LogP contribution in [0.1, 0.15) is 6.42 Å². The molecule has 1 aliphatic rings. The molecule has 0 bridgehead atoms. The maximum atomic E-state index is 11.0. The smallest absolute Gasteiger partial charge is 0.308 e. The van der Waals surface area contributed by atoms with Gasteiger partial charge in [-0.3, -0.25) is 14.5 Å². The number of β-amino-alcohol motifs (C(OH)–C–C–N with tert-alkyl or cyclic N) is 1. The molecule has 7 nitrogen and oxygen atoms in total. The molecule has 1 rings (SSSR count). The van der Waals surface area contributed by atoms with Crippen LogP contribution in [0.25, 0.3) is 0 Å². The van der Waals surface area contributed by atoms with Crippen LogP contribution in [0.3, 0.4) is 0 Å². The molecule has 1 fully saturated rings. The molecule has 7 heteroatoms. The van der Waals surface area contributed by atoms with E-state index in [9.17, 15) is 14.7 Å². The van der Waals surface area contributed by atoms with Crippen LogP contribution < -0.4 is 0 Å². The molecule has 0 radical (unpaired) electrons. The van der Waals surface area contributed by atoms with Gasteiger partial charge in [0.2, 0.25) is 0 Å². The zero-order valence-corrected chi connectivity index (χ0v) is 9.32. The average Bonchev–Trinajstić information content (AvgIpc) is 2.28. The van der Waals surface area contributed by atoms with Crippen molar-refractivity contribution in [3.8, 4) is 0 Å². The van der Waals surface area contributed by atoms with Crippen molar-refractivity contribution in [2.75, 3.05) is 26.2 Å². The maximum Gasteiger partial charge on any atom is 0.308 e. The molecule has 0 aromatic heterocycles. The lowest BCUT2D eigenvalue weighted by molar-refractivity contribution is -0.157. The first-order valence-corrected chi connectivity index (χ1v) is 5.42. The molecule has 3 unspecified atom stereocenters. The van der Waals surface area contributed by atoms with Gasteiger partial charge in [-0.05, 0) is 13.0 Å². The third-order valence-corrected chi connectivity index (χ3v) is 3.01. The number of carboxylic acid groups (broad SMARTS) is 2. The van der Waals surface area contributed by atoms with E-state index in [1.807, 2.05) is 0 Å². The number of aliphatic hydroxyl groups excluding tert-OH is 2. The van der Waals surface area contributed by atoms with Gasteiger partial charge in [-0.1, -0.05) is 0 Å². The molecular weight excluding hydrogens is 230 g/mol. The first-order valence-electron chi connectivity index (χ1n) is 5.42. The highest BCUT2D eigenvalue weighted by Gasteiger charge is 2.38. The average molecular weight is 247 g/mol. The minimum atomic E-state index is -1.14. The largest absolute Gasteiger partial charge is 0.481 e. The van der Waals surface area contributed by atoms with E-state index in [1.165, 1.54) is 0 Å². The molecular formula is C10H17NO6. The van der Waals surface area contributed by atoms with Crippen LogP contribution in [0.5, 0.6) is 0 Å². The van der Waals surface area contributed by atoms with Crippen molar-refractivity contribution < 1.29 is 30.0 Å². The van der Waals surface area contributed by atoms with Gasteiger partial charge in [0.1, 0.15) is 0 Å². The van der Waals surface area contributed by atoms with Crippen LogP contribution in [0.2, 0.25) is 0 Å². The van der Waals surface area contributed by atoms with Crippen molar-refractivity contribution in [1.82, 2.24) is 4.90 Å². The number of piperidine rings is 1. The number of hydrogen-bond acceptors (Lipinski definition) is 5. The zero-order chi connectivity index (χ0) is 13.0. The summed E-state index contributed by atoms with van der Waals surface area (Å²) in [6, 6.07) is 0. The van der Waals surface area contributed by atoms with Gasteiger partial charge in [0.05, 0.1) is 24.5 Å². The van der Waals surface area contributed by atoms with Gasteiger partial charge >= 0.3 is 11.9 Å². The summed E-state index contributed by atoms with van der Waals surface area (Å²) in [5.41, 5.74) is 0. The quantitative estimate of drug-likeness (QED) is 0.464. The number of hydrogen-bond donors (Lipinski definition) is 4. The van der Waals surface area contributed by atoms with Gasteiger partial charge in [0, 0.05) is 13.1 Å². The lowest BCUT2D eigenvalue weighted by Crippen LogP contribution is -2.48. The van der Waals surface area contributed by atoms with Crippen molar-refractivity contribution >= 4 is 11.9 Å². The predicted octanol–water partition coefficient (Wildman–Crippen LogP) is -1.55. The van der Waals surface area contributed by atoms with Gasteiger partial charge in [0.25, 0.3) is 0 Å². The van der Waals surface area contributed by atoms with Gasteiger partial charge in [-0.2, -0.15) is 0 Å². The monoisotopic (exact) mass is 247 g/mol. The van der Waals surface area contributed by atoms with Crippen molar-refractivity contribution in [2.24, 2.45) is 11.8 Å². The van der Waals surface area contributed by atoms with Crippen LogP contribution in [0.4, 0.5) is 0 Å². The van der Waals surface area contributed by atoms with E-state index in [0.717, 1.165) is 0 Å². The highest BCUT2D eigenvalue weighted by molar-refractivity contribution is 5.80. The first-order chi connectivity index (χ1) is 7.95. The minimum absolute atomic E-state index is 0.0867. The molecule has 0 spiro atoms. The van der Waals surface area contributed by atoms with Crippen molar-refractivity contribution in [1.29, 1.82) is 0 Å². The van der Waals surface area contributed by atoms with E-state index in [4.69, 9.17) is 15.3 Å². The van der Waals surface area contributed by atoms with E-state index in [2.05, 4.69) is 0 Å². The Morgan fingerprint density at radius 2 is 1.82 bits per heavy atom. The summed E-state index contributed by atoms with van der Waals surface area (Å²) in [6.45, 7) is 0.268. The molecule has 3 atom stereocenters. The van der Waals surface area contributed by atoms with Crippen molar-refractivity contribution in [3.63, 3.8) is 0 Å². The van der Waals surface area contributed by atoms with Crippen molar-refractivity contribution in [2.45, 2.75) is 12.5 Å². The second-order valence-corrected chi connectivity index (χ2v) is 4.27. The predicted molar refractivity (Wildman–Crippen MR) is 56.4 cm³/mol. The number of aliphatic hydroxyl groups is 2. The fraction of sp³-hybridized carbons (Fsp3) is 0.800. The maximum absolute atomic E-state index is 11.0. The van der Waals surface area contributed by atoms with Crippen LogP contribution in [0.15, 0.2) is 0 Å². The van der Waals surface area contributed by atoms with Crippen LogP contribution in [-0.2, 0) is 9.59 Å². The number of carbonyl (C=O) groups is 2. The van der Waals surface area contributed by atoms with Crippen LogP contribution >= 0.6 is 0 Å². The second kappa shape index (κ2) is 5.95.